The molecule has 1 aliphatic rings. The SMILES string of the molecule is CC1(C)SCC(C(=O)NCCSc2ccccn2)NC1=O. The summed E-state index contributed by atoms with van der Waals surface area (Å²) in [5.74, 6) is 1.16. The minimum atomic E-state index is -0.453. The molecule has 21 heavy (non-hydrogen) atoms. The summed E-state index contributed by atoms with van der Waals surface area (Å²) in [6, 6.07) is 5.31. The van der Waals surface area contributed by atoms with Gasteiger partial charge in [0.25, 0.3) is 0 Å². The van der Waals surface area contributed by atoms with Gasteiger partial charge in [-0.2, -0.15) is 0 Å². The summed E-state index contributed by atoms with van der Waals surface area (Å²) in [7, 11) is 0. The molecule has 2 amide bonds. The van der Waals surface area contributed by atoms with Gasteiger partial charge in [-0.25, -0.2) is 4.98 Å². The van der Waals surface area contributed by atoms with Crippen molar-refractivity contribution in [2.24, 2.45) is 0 Å². The fraction of sp³-hybridized carbons (Fsp3) is 0.500. The van der Waals surface area contributed by atoms with Gasteiger partial charge in [-0.1, -0.05) is 6.07 Å². The molecule has 1 unspecified atom stereocenters. The highest BCUT2D eigenvalue weighted by Gasteiger charge is 2.37. The van der Waals surface area contributed by atoms with E-state index < -0.39 is 10.8 Å². The van der Waals surface area contributed by atoms with E-state index in [4.69, 9.17) is 0 Å². The van der Waals surface area contributed by atoms with Gasteiger partial charge in [0, 0.05) is 24.2 Å². The molecule has 1 fully saturated rings. The van der Waals surface area contributed by atoms with Crippen LogP contribution < -0.4 is 10.6 Å². The first-order valence-corrected chi connectivity index (χ1v) is 8.72. The van der Waals surface area contributed by atoms with Gasteiger partial charge >= 0.3 is 0 Å². The molecule has 2 heterocycles. The van der Waals surface area contributed by atoms with Crippen LogP contribution >= 0.6 is 23.5 Å². The smallest absolute Gasteiger partial charge is 0.243 e. The Kier molecular flexibility index (Phi) is 5.52. The van der Waals surface area contributed by atoms with Gasteiger partial charge in [0.1, 0.15) is 6.04 Å². The third-order valence-electron chi connectivity index (χ3n) is 3.07. The van der Waals surface area contributed by atoms with Crippen LogP contribution in [-0.2, 0) is 9.59 Å². The lowest BCUT2D eigenvalue weighted by atomic mass is 10.1. The van der Waals surface area contributed by atoms with Gasteiger partial charge in [0.05, 0.1) is 9.77 Å². The van der Waals surface area contributed by atoms with Gasteiger partial charge in [-0.3, -0.25) is 9.59 Å². The Balaban J connectivity index is 1.69. The normalized spacial score (nSPS) is 20.7. The lowest BCUT2D eigenvalue weighted by Gasteiger charge is -2.32. The maximum atomic E-state index is 12.0. The lowest BCUT2D eigenvalue weighted by Crippen LogP contribution is -2.57. The number of thioether (sulfide) groups is 2. The Labute approximate surface area is 133 Å². The summed E-state index contributed by atoms with van der Waals surface area (Å²) >= 11 is 3.10. The number of hydrogen-bond acceptors (Lipinski definition) is 5. The van der Waals surface area contributed by atoms with E-state index in [-0.39, 0.29) is 11.8 Å². The fourth-order valence-corrected chi connectivity index (χ4v) is 3.49. The molecule has 1 saturated heterocycles. The average Bonchev–Trinajstić information content (AvgIpc) is 2.47. The summed E-state index contributed by atoms with van der Waals surface area (Å²) in [5.41, 5.74) is 0. The minimum absolute atomic E-state index is 0.0817. The van der Waals surface area contributed by atoms with Crippen LogP contribution in [0.25, 0.3) is 0 Å². The van der Waals surface area contributed by atoms with Crippen LogP contribution in [0, 0.1) is 0 Å². The molecular weight excluding hydrogens is 306 g/mol. The number of hydrogen-bond donors (Lipinski definition) is 2. The van der Waals surface area contributed by atoms with E-state index >= 15 is 0 Å². The first-order chi connectivity index (χ1) is 9.99. The van der Waals surface area contributed by atoms with Crippen LogP contribution in [-0.4, -0.2) is 45.6 Å². The Morgan fingerprint density at radius 3 is 3.05 bits per heavy atom. The van der Waals surface area contributed by atoms with Crippen molar-refractivity contribution in [2.45, 2.75) is 29.7 Å². The second-order valence-electron chi connectivity index (χ2n) is 5.15. The fourth-order valence-electron chi connectivity index (χ4n) is 1.76. The zero-order chi connectivity index (χ0) is 15.3. The Morgan fingerprint density at radius 1 is 1.57 bits per heavy atom. The molecule has 0 saturated carbocycles. The number of nitrogens with one attached hydrogen (secondary N) is 2. The molecule has 1 aromatic heterocycles. The predicted molar refractivity (Wildman–Crippen MR) is 86.4 cm³/mol. The number of amides is 2. The Bertz CT molecular complexity index is 508. The quantitative estimate of drug-likeness (QED) is 0.631. The Hall–Kier alpha value is -1.21. The van der Waals surface area contributed by atoms with Gasteiger partial charge in [0.15, 0.2) is 0 Å². The average molecular weight is 325 g/mol. The molecule has 1 aromatic rings. The van der Waals surface area contributed by atoms with Crippen LogP contribution in [0.4, 0.5) is 0 Å². The highest BCUT2D eigenvalue weighted by molar-refractivity contribution is 8.01. The standard InChI is InChI=1S/C14H19N3O2S2/c1-14(2)13(19)17-10(9-21-14)12(18)16-7-8-20-11-5-3-4-6-15-11/h3-6,10H,7-9H2,1-2H3,(H,16,18)(H,17,19). The molecule has 0 spiro atoms. The maximum absolute atomic E-state index is 12.0. The number of rotatable bonds is 5. The summed E-state index contributed by atoms with van der Waals surface area (Å²) in [4.78, 5) is 28.0. The molecule has 0 bridgehead atoms. The highest BCUT2D eigenvalue weighted by atomic mass is 32.2. The van der Waals surface area contributed by atoms with Crippen molar-refractivity contribution >= 4 is 35.3 Å². The van der Waals surface area contributed by atoms with E-state index in [0.717, 1.165) is 10.8 Å². The number of nitrogens with zero attached hydrogens (tertiary/aromatic N) is 1. The van der Waals surface area contributed by atoms with Crippen LogP contribution in [0.15, 0.2) is 29.4 Å². The molecule has 114 valence electrons. The lowest BCUT2D eigenvalue weighted by molar-refractivity contribution is -0.129. The van der Waals surface area contributed by atoms with Crippen molar-refractivity contribution < 1.29 is 9.59 Å². The second-order valence-corrected chi connectivity index (χ2v) is 7.91. The summed E-state index contributed by atoms with van der Waals surface area (Å²) in [5, 5.41) is 6.57. The summed E-state index contributed by atoms with van der Waals surface area (Å²) in [6.45, 7) is 4.29. The molecule has 2 rings (SSSR count). The van der Waals surface area contributed by atoms with Crippen LogP contribution in [0.1, 0.15) is 13.8 Å². The first kappa shape index (κ1) is 16.2. The van der Waals surface area contributed by atoms with Crippen molar-refractivity contribution in [3.8, 4) is 0 Å². The number of carbonyl (C=O) groups excluding carboxylic acids is 2. The van der Waals surface area contributed by atoms with Crippen LogP contribution in [0.5, 0.6) is 0 Å². The zero-order valence-electron chi connectivity index (χ0n) is 12.1. The molecule has 0 aromatic carbocycles. The summed E-state index contributed by atoms with van der Waals surface area (Å²) in [6.07, 6.45) is 1.75. The topological polar surface area (TPSA) is 71.1 Å². The van der Waals surface area contributed by atoms with Crippen molar-refractivity contribution in [1.82, 2.24) is 15.6 Å². The van der Waals surface area contributed by atoms with E-state index in [1.165, 1.54) is 11.8 Å². The molecule has 1 aliphatic heterocycles. The second kappa shape index (κ2) is 7.17. The van der Waals surface area contributed by atoms with Crippen molar-refractivity contribution in [3.63, 3.8) is 0 Å². The molecule has 1 atom stereocenters. The van der Waals surface area contributed by atoms with Crippen molar-refractivity contribution in [3.05, 3.63) is 24.4 Å². The van der Waals surface area contributed by atoms with E-state index in [1.54, 1.807) is 18.0 Å². The van der Waals surface area contributed by atoms with Gasteiger partial charge in [0.2, 0.25) is 11.8 Å². The first-order valence-electron chi connectivity index (χ1n) is 6.75. The molecule has 0 aliphatic carbocycles. The molecule has 7 heteroatoms. The third kappa shape index (κ3) is 4.64. The summed E-state index contributed by atoms with van der Waals surface area (Å²) < 4.78 is -0.453. The molecule has 0 radical (unpaired) electrons. The molecule has 5 nitrogen and oxygen atoms in total. The van der Waals surface area contributed by atoms with Crippen molar-refractivity contribution in [1.29, 1.82) is 0 Å². The van der Waals surface area contributed by atoms with Gasteiger partial charge in [-0.15, -0.1) is 23.5 Å². The number of pyridine rings is 1. The molecular formula is C14H19N3O2S2. The van der Waals surface area contributed by atoms with Gasteiger partial charge in [-0.05, 0) is 26.0 Å². The van der Waals surface area contributed by atoms with Crippen LogP contribution in [0.2, 0.25) is 0 Å². The largest absolute Gasteiger partial charge is 0.353 e. The number of aromatic nitrogens is 1. The van der Waals surface area contributed by atoms with Crippen LogP contribution in [0.3, 0.4) is 0 Å². The van der Waals surface area contributed by atoms with E-state index in [0.29, 0.717) is 12.3 Å². The van der Waals surface area contributed by atoms with Crippen molar-refractivity contribution in [2.75, 3.05) is 18.1 Å². The molecule has 2 N–H and O–H groups in total. The Morgan fingerprint density at radius 2 is 2.38 bits per heavy atom. The van der Waals surface area contributed by atoms with E-state index in [1.807, 2.05) is 32.0 Å². The van der Waals surface area contributed by atoms with E-state index in [9.17, 15) is 9.59 Å². The van der Waals surface area contributed by atoms with Gasteiger partial charge < -0.3 is 10.6 Å². The monoisotopic (exact) mass is 325 g/mol. The highest BCUT2D eigenvalue weighted by Crippen LogP contribution is 2.28. The maximum Gasteiger partial charge on any atom is 0.243 e. The zero-order valence-corrected chi connectivity index (χ0v) is 13.7. The number of carbonyl (C=O) groups is 2. The minimum Gasteiger partial charge on any atom is -0.353 e. The third-order valence-corrected chi connectivity index (χ3v) is 5.42. The predicted octanol–water partition coefficient (Wildman–Crippen LogP) is 1.30. The van der Waals surface area contributed by atoms with E-state index in [2.05, 4.69) is 15.6 Å².